The Morgan fingerprint density at radius 3 is 2.44 bits per heavy atom. The lowest BCUT2D eigenvalue weighted by Gasteiger charge is -2.37. The van der Waals surface area contributed by atoms with Crippen molar-refractivity contribution in [2.45, 2.75) is 58.2 Å². The van der Waals surface area contributed by atoms with Gasteiger partial charge in [0.25, 0.3) is 0 Å². The van der Waals surface area contributed by atoms with Crippen molar-refractivity contribution in [3.05, 3.63) is 65.2 Å². The lowest BCUT2D eigenvalue weighted by atomic mass is 9.82. The van der Waals surface area contributed by atoms with Gasteiger partial charge in [-0.3, -0.25) is 9.59 Å². The molecule has 0 saturated carbocycles. The zero-order valence-electron chi connectivity index (χ0n) is 23.0. The molecule has 0 radical (unpaired) electrons. The van der Waals surface area contributed by atoms with Gasteiger partial charge in [0.1, 0.15) is 12.8 Å². The molecular formula is C29H36N4O6. The standard InChI is InChI=1S/C29H36N4O6/c1-28(2,3)25-33(22(17-39-25)18-9-7-6-8-10-18)23(34)16-32(27(37)38)24(35)29(4)14-13-19-15-20(11-12-21(19)29)31-26(36)30-5/h6-12,15,22,25H,13-14,16-17H2,1-5H3,(H,37,38)(H2,30,31,36)/t22-,25?,29+/m1/s1. The molecule has 0 aromatic heterocycles. The van der Waals surface area contributed by atoms with Gasteiger partial charge >= 0.3 is 12.1 Å². The molecular weight excluding hydrogens is 500 g/mol. The Bertz CT molecular complexity index is 1270. The van der Waals surface area contributed by atoms with Gasteiger partial charge in [0, 0.05) is 18.2 Å². The van der Waals surface area contributed by atoms with Gasteiger partial charge in [-0.25, -0.2) is 14.5 Å². The monoisotopic (exact) mass is 536 g/mol. The van der Waals surface area contributed by atoms with Crippen LogP contribution in [0.3, 0.4) is 0 Å². The Morgan fingerprint density at radius 2 is 1.82 bits per heavy atom. The number of hydrogen-bond acceptors (Lipinski definition) is 5. The third kappa shape index (κ3) is 5.47. The number of fused-ring (bicyclic) bond motifs is 1. The van der Waals surface area contributed by atoms with E-state index in [2.05, 4.69) is 10.6 Å². The molecule has 1 unspecified atom stereocenters. The van der Waals surface area contributed by atoms with Crippen LogP contribution in [0.25, 0.3) is 0 Å². The van der Waals surface area contributed by atoms with Gasteiger partial charge < -0.3 is 25.4 Å². The zero-order chi connectivity index (χ0) is 28.5. The van der Waals surface area contributed by atoms with E-state index in [1.807, 2.05) is 51.1 Å². The van der Waals surface area contributed by atoms with Gasteiger partial charge in [-0.15, -0.1) is 0 Å². The summed E-state index contributed by atoms with van der Waals surface area (Å²) in [5, 5.41) is 15.3. The highest BCUT2D eigenvalue weighted by atomic mass is 16.5. The number of nitrogens with zero attached hydrogens (tertiary/aromatic N) is 2. The summed E-state index contributed by atoms with van der Waals surface area (Å²) in [5.41, 5.74) is 1.42. The van der Waals surface area contributed by atoms with Gasteiger partial charge in [-0.05, 0) is 48.6 Å². The topological polar surface area (TPSA) is 128 Å². The Kier molecular flexibility index (Phi) is 7.70. The van der Waals surface area contributed by atoms with Crippen LogP contribution in [0.5, 0.6) is 0 Å². The molecule has 2 aromatic rings. The van der Waals surface area contributed by atoms with E-state index in [-0.39, 0.29) is 12.6 Å². The molecule has 10 nitrogen and oxygen atoms in total. The molecule has 2 aromatic carbocycles. The number of carbonyl (C=O) groups is 4. The molecule has 2 aliphatic rings. The second kappa shape index (κ2) is 10.7. The minimum absolute atomic E-state index is 0.274. The van der Waals surface area contributed by atoms with Gasteiger partial charge in [-0.2, -0.15) is 0 Å². The molecule has 3 N–H and O–H groups in total. The predicted molar refractivity (Wildman–Crippen MR) is 145 cm³/mol. The number of amides is 5. The molecule has 4 rings (SSSR count). The SMILES string of the molecule is CNC(=O)Nc1ccc2c(c1)CC[C@]2(C)C(=O)N(CC(=O)N1C(C(C)(C)C)OC[C@@H]1c1ccccc1)C(=O)O. The summed E-state index contributed by atoms with van der Waals surface area (Å²) in [6.45, 7) is 7.22. The summed E-state index contributed by atoms with van der Waals surface area (Å²) in [6.07, 6.45) is -1.16. The van der Waals surface area contributed by atoms with Crippen molar-refractivity contribution >= 4 is 29.6 Å². The lowest BCUT2D eigenvalue weighted by molar-refractivity contribution is -0.149. The number of anilines is 1. The highest BCUT2D eigenvalue weighted by Crippen LogP contribution is 2.42. The third-order valence-corrected chi connectivity index (χ3v) is 7.53. The summed E-state index contributed by atoms with van der Waals surface area (Å²) in [5.74, 6) is -1.15. The Hall–Kier alpha value is -3.92. The normalized spacial score (nSPS) is 22.2. The molecule has 39 heavy (non-hydrogen) atoms. The summed E-state index contributed by atoms with van der Waals surface area (Å²) in [6, 6.07) is 13.9. The van der Waals surface area contributed by atoms with E-state index >= 15 is 0 Å². The summed E-state index contributed by atoms with van der Waals surface area (Å²) in [4.78, 5) is 53.9. The van der Waals surface area contributed by atoms with Gasteiger partial charge in [0.2, 0.25) is 11.8 Å². The van der Waals surface area contributed by atoms with E-state index in [4.69, 9.17) is 4.74 Å². The quantitative estimate of drug-likeness (QED) is 0.527. The van der Waals surface area contributed by atoms with Crippen LogP contribution >= 0.6 is 0 Å². The number of carboxylic acid groups (broad SMARTS) is 1. The van der Waals surface area contributed by atoms with Crippen molar-refractivity contribution in [2.24, 2.45) is 5.41 Å². The number of ether oxygens (including phenoxy) is 1. The first-order valence-electron chi connectivity index (χ1n) is 13.0. The van der Waals surface area contributed by atoms with Crippen LogP contribution < -0.4 is 10.6 Å². The summed E-state index contributed by atoms with van der Waals surface area (Å²) < 4.78 is 6.05. The van der Waals surface area contributed by atoms with Crippen LogP contribution in [0.4, 0.5) is 15.3 Å². The molecule has 1 aliphatic carbocycles. The fraction of sp³-hybridized carbons (Fsp3) is 0.448. The highest BCUT2D eigenvalue weighted by molar-refractivity contribution is 6.01. The number of imide groups is 1. The Balaban J connectivity index is 1.61. The van der Waals surface area contributed by atoms with Crippen molar-refractivity contribution in [3.63, 3.8) is 0 Å². The molecule has 0 bridgehead atoms. The maximum atomic E-state index is 13.8. The number of rotatable bonds is 5. The van der Waals surface area contributed by atoms with Gasteiger partial charge in [-0.1, -0.05) is 57.2 Å². The van der Waals surface area contributed by atoms with Crippen LogP contribution in [-0.2, 0) is 26.2 Å². The fourth-order valence-electron chi connectivity index (χ4n) is 5.50. The van der Waals surface area contributed by atoms with Gasteiger partial charge in [0.05, 0.1) is 18.1 Å². The van der Waals surface area contributed by atoms with E-state index in [0.717, 1.165) is 11.1 Å². The smallest absolute Gasteiger partial charge is 0.414 e. The fourth-order valence-corrected chi connectivity index (χ4v) is 5.50. The van der Waals surface area contributed by atoms with E-state index < -0.39 is 47.6 Å². The first-order chi connectivity index (χ1) is 18.4. The predicted octanol–water partition coefficient (Wildman–Crippen LogP) is 4.12. The third-order valence-electron chi connectivity index (χ3n) is 7.53. The molecule has 1 aliphatic heterocycles. The van der Waals surface area contributed by atoms with Crippen molar-refractivity contribution in [2.75, 3.05) is 25.5 Å². The molecule has 1 fully saturated rings. The first-order valence-corrected chi connectivity index (χ1v) is 13.0. The van der Waals surface area contributed by atoms with Crippen molar-refractivity contribution in [1.82, 2.24) is 15.1 Å². The average molecular weight is 537 g/mol. The average Bonchev–Trinajstić information content (AvgIpc) is 3.50. The largest absolute Gasteiger partial charge is 0.465 e. The van der Waals surface area contributed by atoms with Crippen LogP contribution in [0.1, 0.15) is 56.8 Å². The number of aryl methyl sites for hydroxylation is 1. The van der Waals surface area contributed by atoms with Crippen LogP contribution in [0.2, 0.25) is 0 Å². The molecule has 10 heteroatoms. The number of benzene rings is 2. The van der Waals surface area contributed by atoms with Crippen LogP contribution in [0, 0.1) is 5.41 Å². The van der Waals surface area contributed by atoms with Crippen LogP contribution in [-0.4, -0.2) is 65.3 Å². The molecule has 0 spiro atoms. The number of nitrogens with one attached hydrogen (secondary N) is 2. The maximum absolute atomic E-state index is 13.8. The first kappa shape index (κ1) is 28.1. The number of hydrogen-bond donors (Lipinski definition) is 3. The molecule has 208 valence electrons. The minimum Gasteiger partial charge on any atom is -0.465 e. The van der Waals surface area contributed by atoms with Crippen molar-refractivity contribution in [3.8, 4) is 0 Å². The number of carbonyl (C=O) groups excluding carboxylic acids is 3. The van der Waals surface area contributed by atoms with Crippen molar-refractivity contribution < 1.29 is 29.0 Å². The second-order valence-corrected chi connectivity index (χ2v) is 11.4. The van der Waals surface area contributed by atoms with Crippen molar-refractivity contribution in [1.29, 1.82) is 0 Å². The molecule has 5 amide bonds. The Labute approximate surface area is 228 Å². The van der Waals surface area contributed by atoms with Gasteiger partial charge in [0.15, 0.2) is 0 Å². The lowest BCUT2D eigenvalue weighted by Crippen LogP contribution is -2.53. The summed E-state index contributed by atoms with van der Waals surface area (Å²) >= 11 is 0. The molecule has 3 atom stereocenters. The van der Waals surface area contributed by atoms with Crippen LogP contribution in [0.15, 0.2) is 48.5 Å². The van der Waals surface area contributed by atoms with E-state index in [9.17, 15) is 24.3 Å². The van der Waals surface area contributed by atoms with E-state index in [1.165, 1.54) is 7.05 Å². The van der Waals surface area contributed by atoms with E-state index in [1.54, 1.807) is 30.0 Å². The maximum Gasteiger partial charge on any atom is 0.414 e. The van der Waals surface area contributed by atoms with E-state index in [0.29, 0.717) is 29.0 Å². The molecule has 1 saturated heterocycles. The highest BCUT2D eigenvalue weighted by Gasteiger charge is 2.48. The zero-order valence-corrected chi connectivity index (χ0v) is 23.0. The molecule has 1 heterocycles. The summed E-state index contributed by atoms with van der Waals surface area (Å²) in [7, 11) is 1.51. The second-order valence-electron chi connectivity index (χ2n) is 11.4. The minimum atomic E-state index is -1.48. The number of urea groups is 1. The Morgan fingerprint density at radius 1 is 1.13 bits per heavy atom.